The van der Waals surface area contributed by atoms with Crippen LogP contribution in [0.15, 0.2) is 48.8 Å². The minimum absolute atomic E-state index is 0.559. The minimum atomic E-state index is 0.559. The fourth-order valence-corrected chi connectivity index (χ4v) is 2.53. The van der Waals surface area contributed by atoms with Crippen LogP contribution in [0.5, 0.6) is 0 Å². The van der Waals surface area contributed by atoms with Crippen LogP contribution in [0.25, 0.3) is 23.0 Å². The number of aromatic nitrogens is 5. The highest BCUT2D eigenvalue weighted by Gasteiger charge is 2.18. The molecule has 0 saturated carbocycles. The number of rotatable bonds is 3. The first-order valence-corrected chi connectivity index (χ1v) is 7.87. The summed E-state index contributed by atoms with van der Waals surface area (Å²) < 4.78 is 0. The molecule has 1 radical (unpaired) electrons. The van der Waals surface area contributed by atoms with E-state index in [4.69, 9.17) is 0 Å². The third-order valence-corrected chi connectivity index (χ3v) is 3.75. The van der Waals surface area contributed by atoms with Gasteiger partial charge in [0, 0.05) is 38.6 Å². The lowest BCUT2D eigenvalue weighted by Gasteiger charge is -2.26. The van der Waals surface area contributed by atoms with Gasteiger partial charge in [-0.2, -0.15) is 9.97 Å². The van der Waals surface area contributed by atoms with Crippen LogP contribution in [0.2, 0.25) is 0 Å². The largest absolute Gasteiger partial charge is 0.338 e. The van der Waals surface area contributed by atoms with Gasteiger partial charge in [-0.25, -0.2) is 10.3 Å². The van der Waals surface area contributed by atoms with E-state index in [1.807, 2.05) is 36.4 Å². The number of hydrogen-bond donors (Lipinski definition) is 0. The molecule has 7 heteroatoms. The molecule has 4 heterocycles. The maximum atomic E-state index is 4.62. The molecule has 0 aromatic carbocycles. The molecule has 1 aliphatic rings. The molecule has 1 aliphatic heterocycles. The lowest BCUT2D eigenvalue weighted by molar-refractivity contribution is 0.570. The van der Waals surface area contributed by atoms with Crippen molar-refractivity contribution in [3.05, 3.63) is 48.8 Å². The second kappa shape index (κ2) is 6.67. The van der Waals surface area contributed by atoms with Gasteiger partial charge in [0.2, 0.25) is 5.95 Å². The molecule has 0 N–H and O–H groups in total. The molecule has 0 aliphatic carbocycles. The van der Waals surface area contributed by atoms with E-state index < -0.39 is 0 Å². The lowest BCUT2D eigenvalue weighted by atomic mass is 10.3. The normalized spacial score (nSPS) is 14.6. The first kappa shape index (κ1) is 14.6. The third-order valence-electron chi connectivity index (χ3n) is 3.75. The van der Waals surface area contributed by atoms with Crippen molar-refractivity contribution in [1.82, 2.24) is 30.2 Å². The third kappa shape index (κ3) is 3.07. The smallest absolute Gasteiger partial charge is 0.229 e. The van der Waals surface area contributed by atoms with Crippen molar-refractivity contribution >= 4 is 5.95 Å². The topological polar surface area (TPSA) is 81.8 Å². The quantitative estimate of drug-likeness (QED) is 0.726. The molecule has 0 spiro atoms. The van der Waals surface area contributed by atoms with E-state index in [1.165, 1.54) is 0 Å². The Morgan fingerprint density at radius 3 is 1.79 bits per heavy atom. The number of piperazine rings is 1. The molecule has 7 nitrogen and oxygen atoms in total. The maximum absolute atomic E-state index is 4.62. The van der Waals surface area contributed by atoms with Crippen LogP contribution in [0.1, 0.15) is 0 Å². The highest BCUT2D eigenvalue weighted by molar-refractivity contribution is 5.58. The van der Waals surface area contributed by atoms with Gasteiger partial charge in [0.15, 0.2) is 11.6 Å². The van der Waals surface area contributed by atoms with Gasteiger partial charge in [-0.05, 0) is 24.3 Å². The molecule has 3 aromatic rings. The average Bonchev–Trinajstić information content (AvgIpc) is 2.70. The summed E-state index contributed by atoms with van der Waals surface area (Å²) in [7, 11) is 0. The molecule has 0 amide bonds. The van der Waals surface area contributed by atoms with E-state index in [2.05, 4.69) is 35.1 Å². The Kier molecular flexibility index (Phi) is 4.07. The predicted octanol–water partition coefficient (Wildman–Crippen LogP) is 1.42. The second-order valence-corrected chi connectivity index (χ2v) is 5.37. The highest BCUT2D eigenvalue weighted by atomic mass is 15.3. The number of pyridine rings is 2. The SMILES string of the molecule is c1ccc(-c2nc(-c3ccccn3)nc(N3CC[N]CC3)n2)nc1. The summed E-state index contributed by atoms with van der Waals surface area (Å²) in [6.07, 6.45) is 3.47. The van der Waals surface area contributed by atoms with Gasteiger partial charge in [0.25, 0.3) is 0 Å². The molecule has 0 bridgehead atoms. The van der Waals surface area contributed by atoms with Crippen molar-refractivity contribution in [3.63, 3.8) is 0 Å². The molecule has 1 fully saturated rings. The van der Waals surface area contributed by atoms with Crippen LogP contribution in [-0.4, -0.2) is 51.1 Å². The number of hydrogen-bond acceptors (Lipinski definition) is 6. The first-order valence-electron chi connectivity index (χ1n) is 7.87. The van der Waals surface area contributed by atoms with Crippen LogP contribution >= 0.6 is 0 Å². The van der Waals surface area contributed by atoms with Gasteiger partial charge in [-0.15, -0.1) is 0 Å². The highest BCUT2D eigenvalue weighted by Crippen LogP contribution is 2.20. The Hall–Kier alpha value is -2.93. The van der Waals surface area contributed by atoms with E-state index in [0.717, 1.165) is 37.6 Å². The second-order valence-electron chi connectivity index (χ2n) is 5.37. The molecule has 4 rings (SSSR count). The molecule has 119 valence electrons. The van der Waals surface area contributed by atoms with Gasteiger partial charge in [0.05, 0.1) is 0 Å². The van der Waals surface area contributed by atoms with Gasteiger partial charge in [-0.1, -0.05) is 12.1 Å². The van der Waals surface area contributed by atoms with Gasteiger partial charge in [-0.3, -0.25) is 9.97 Å². The zero-order chi connectivity index (χ0) is 16.2. The van der Waals surface area contributed by atoms with E-state index in [9.17, 15) is 0 Å². The Labute approximate surface area is 139 Å². The molecule has 3 aromatic heterocycles. The van der Waals surface area contributed by atoms with Crippen molar-refractivity contribution in [2.45, 2.75) is 0 Å². The molecular formula is C17H16N7. The molecule has 0 atom stereocenters. The predicted molar refractivity (Wildman–Crippen MR) is 90.4 cm³/mol. The van der Waals surface area contributed by atoms with E-state index in [0.29, 0.717) is 17.6 Å². The summed E-state index contributed by atoms with van der Waals surface area (Å²) in [5, 5.41) is 4.38. The van der Waals surface area contributed by atoms with Crippen molar-refractivity contribution in [3.8, 4) is 23.0 Å². The van der Waals surface area contributed by atoms with E-state index >= 15 is 0 Å². The number of nitrogens with zero attached hydrogens (tertiary/aromatic N) is 7. The first-order chi connectivity index (χ1) is 11.9. The zero-order valence-electron chi connectivity index (χ0n) is 13.1. The van der Waals surface area contributed by atoms with Crippen LogP contribution in [0.3, 0.4) is 0 Å². The van der Waals surface area contributed by atoms with Gasteiger partial charge in [0.1, 0.15) is 11.4 Å². The average molecular weight is 318 g/mol. The Balaban J connectivity index is 1.81. The molecular weight excluding hydrogens is 302 g/mol. The zero-order valence-corrected chi connectivity index (χ0v) is 13.1. The van der Waals surface area contributed by atoms with Crippen molar-refractivity contribution in [1.29, 1.82) is 0 Å². The Morgan fingerprint density at radius 1 is 0.708 bits per heavy atom. The van der Waals surface area contributed by atoms with E-state index in [-0.39, 0.29) is 0 Å². The Bertz CT molecular complexity index is 744. The fourth-order valence-electron chi connectivity index (χ4n) is 2.53. The minimum Gasteiger partial charge on any atom is -0.338 e. The van der Waals surface area contributed by atoms with Crippen molar-refractivity contribution in [2.24, 2.45) is 0 Å². The van der Waals surface area contributed by atoms with Crippen LogP contribution in [-0.2, 0) is 0 Å². The van der Waals surface area contributed by atoms with Gasteiger partial charge >= 0.3 is 0 Å². The summed E-state index contributed by atoms with van der Waals surface area (Å²) in [6.45, 7) is 3.22. The molecule has 24 heavy (non-hydrogen) atoms. The lowest BCUT2D eigenvalue weighted by Crippen LogP contribution is -2.41. The standard InChI is InChI=1S/C17H16N7/c1-3-7-19-13(5-1)15-21-16(14-6-2-4-8-20-14)23-17(22-15)24-11-9-18-10-12-24/h1-8H,9-12H2. The molecule has 1 saturated heterocycles. The van der Waals surface area contributed by atoms with Crippen LogP contribution < -0.4 is 10.2 Å². The summed E-state index contributed by atoms with van der Waals surface area (Å²) in [5.41, 5.74) is 1.44. The molecule has 0 unspecified atom stereocenters. The summed E-state index contributed by atoms with van der Waals surface area (Å²) in [6, 6.07) is 11.4. The monoisotopic (exact) mass is 318 g/mol. The van der Waals surface area contributed by atoms with Crippen molar-refractivity contribution in [2.75, 3.05) is 31.1 Å². The maximum Gasteiger partial charge on any atom is 0.229 e. The number of anilines is 1. The summed E-state index contributed by atoms with van der Waals surface area (Å²) >= 11 is 0. The van der Waals surface area contributed by atoms with E-state index in [1.54, 1.807) is 12.4 Å². The Morgan fingerprint density at radius 2 is 1.29 bits per heavy atom. The van der Waals surface area contributed by atoms with Crippen LogP contribution in [0, 0.1) is 0 Å². The summed E-state index contributed by atoms with van der Waals surface area (Å²) in [5.74, 6) is 1.77. The van der Waals surface area contributed by atoms with Gasteiger partial charge < -0.3 is 4.90 Å². The van der Waals surface area contributed by atoms with Crippen LogP contribution in [0.4, 0.5) is 5.95 Å². The fraction of sp³-hybridized carbons (Fsp3) is 0.235. The van der Waals surface area contributed by atoms with Crippen molar-refractivity contribution < 1.29 is 0 Å². The summed E-state index contributed by atoms with van der Waals surface area (Å²) in [4.78, 5) is 24.7.